The maximum Gasteiger partial charge on any atom is 0.323 e. The minimum atomic E-state index is -3.91. The van der Waals surface area contributed by atoms with Crippen molar-refractivity contribution in [2.24, 2.45) is 5.73 Å². The van der Waals surface area contributed by atoms with Crippen LogP contribution in [0.25, 0.3) is 10.4 Å². The van der Waals surface area contributed by atoms with Crippen molar-refractivity contribution in [3.63, 3.8) is 0 Å². The Morgan fingerprint density at radius 2 is 2.03 bits per heavy atom. The van der Waals surface area contributed by atoms with Crippen molar-refractivity contribution in [1.82, 2.24) is 9.71 Å². The van der Waals surface area contributed by atoms with Gasteiger partial charge in [-0.3, -0.25) is 9.59 Å². The highest BCUT2D eigenvalue weighted by Gasteiger charge is 2.24. The van der Waals surface area contributed by atoms with Crippen molar-refractivity contribution in [3.05, 3.63) is 28.9 Å². The third kappa shape index (κ3) is 6.98. The Morgan fingerprint density at radius 1 is 1.32 bits per heavy atom. The molecule has 0 radical (unpaired) electrons. The maximum absolute atomic E-state index is 12.9. The molecule has 1 aliphatic carbocycles. The second-order valence-electron chi connectivity index (χ2n) is 8.25. The van der Waals surface area contributed by atoms with Crippen LogP contribution in [0.15, 0.2) is 23.1 Å². The Bertz CT molecular complexity index is 1150. The van der Waals surface area contributed by atoms with Crippen molar-refractivity contribution in [2.45, 2.75) is 69.4 Å². The Labute approximate surface area is 208 Å². The van der Waals surface area contributed by atoms with Crippen LogP contribution in [-0.4, -0.2) is 44.0 Å². The van der Waals surface area contributed by atoms with Crippen molar-refractivity contribution in [2.75, 3.05) is 11.9 Å². The van der Waals surface area contributed by atoms with E-state index in [1.54, 1.807) is 13.0 Å². The molecule has 1 aliphatic rings. The van der Waals surface area contributed by atoms with E-state index in [0.717, 1.165) is 30.6 Å². The number of nitrogens with two attached hydrogens (primary N) is 1. The van der Waals surface area contributed by atoms with E-state index in [4.69, 9.17) is 22.1 Å². The summed E-state index contributed by atoms with van der Waals surface area (Å²) in [5.41, 5.74) is 7.18. The van der Waals surface area contributed by atoms with E-state index >= 15 is 0 Å². The second-order valence-corrected chi connectivity index (χ2v) is 11.4. The SMILES string of the molecule is CC(=O)Nc1nc(C)c(-c2ccc(Cl)c(S(=O)(=O)NCCC[C@H](N)C(=O)OC3CCCC3)c2)s1. The van der Waals surface area contributed by atoms with Crippen LogP contribution in [0.1, 0.15) is 51.1 Å². The molecule has 9 nitrogen and oxygen atoms in total. The normalized spacial score (nSPS) is 15.3. The van der Waals surface area contributed by atoms with Gasteiger partial charge < -0.3 is 15.8 Å². The number of hydrogen-bond donors (Lipinski definition) is 3. The minimum Gasteiger partial charge on any atom is -0.461 e. The third-order valence-electron chi connectivity index (χ3n) is 5.43. The van der Waals surface area contributed by atoms with Crippen LogP contribution in [0, 0.1) is 6.92 Å². The Balaban J connectivity index is 1.61. The van der Waals surface area contributed by atoms with Crippen LogP contribution in [-0.2, 0) is 24.3 Å². The molecule has 34 heavy (non-hydrogen) atoms. The molecule has 0 saturated heterocycles. The number of esters is 1. The molecule has 1 aromatic heterocycles. The van der Waals surface area contributed by atoms with Gasteiger partial charge in [0.2, 0.25) is 15.9 Å². The fraction of sp³-hybridized carbons (Fsp3) is 0.500. The summed E-state index contributed by atoms with van der Waals surface area (Å²) in [6, 6.07) is 3.91. The van der Waals surface area contributed by atoms with Gasteiger partial charge in [-0.2, -0.15) is 0 Å². The lowest BCUT2D eigenvalue weighted by molar-refractivity contribution is -0.150. The number of carbonyl (C=O) groups is 2. The fourth-order valence-corrected chi connectivity index (χ4v) is 6.31. The van der Waals surface area contributed by atoms with Crippen molar-refractivity contribution < 1.29 is 22.7 Å². The van der Waals surface area contributed by atoms with Crippen molar-refractivity contribution in [1.29, 1.82) is 0 Å². The number of nitrogens with one attached hydrogen (secondary N) is 2. The zero-order chi connectivity index (χ0) is 24.9. The predicted molar refractivity (Wildman–Crippen MR) is 132 cm³/mol. The Kier molecular flexibility index (Phi) is 9.05. The van der Waals surface area contributed by atoms with Gasteiger partial charge >= 0.3 is 5.97 Å². The molecule has 1 fully saturated rings. The summed E-state index contributed by atoms with van der Waals surface area (Å²) in [5.74, 6) is -0.681. The molecule has 12 heteroatoms. The number of rotatable bonds is 10. The summed E-state index contributed by atoms with van der Waals surface area (Å²) in [6.07, 6.45) is 4.46. The van der Waals surface area contributed by atoms with Crippen LogP contribution in [0.4, 0.5) is 5.13 Å². The molecule has 0 aliphatic heterocycles. The number of benzene rings is 1. The van der Waals surface area contributed by atoms with Gasteiger partial charge in [-0.1, -0.05) is 29.0 Å². The number of aromatic nitrogens is 1. The number of sulfonamides is 1. The van der Waals surface area contributed by atoms with Gasteiger partial charge in [-0.25, -0.2) is 18.1 Å². The number of ether oxygens (including phenoxy) is 1. The average Bonchev–Trinajstić information content (AvgIpc) is 3.40. The van der Waals surface area contributed by atoms with E-state index in [0.29, 0.717) is 29.2 Å². The first-order valence-corrected chi connectivity index (χ1v) is 13.8. The summed E-state index contributed by atoms with van der Waals surface area (Å²) >= 11 is 7.44. The van der Waals surface area contributed by atoms with Crippen LogP contribution in [0.5, 0.6) is 0 Å². The maximum atomic E-state index is 12.9. The van der Waals surface area contributed by atoms with E-state index in [9.17, 15) is 18.0 Å². The van der Waals surface area contributed by atoms with Gasteiger partial charge in [0.05, 0.1) is 15.6 Å². The molecule has 1 atom stereocenters. The topological polar surface area (TPSA) is 140 Å². The minimum absolute atomic E-state index is 0.0528. The molecule has 4 N–H and O–H groups in total. The molecule has 3 rings (SSSR count). The number of aryl methyl sites for hydroxylation is 1. The lowest BCUT2D eigenvalue weighted by atomic mass is 10.1. The summed E-state index contributed by atoms with van der Waals surface area (Å²) < 4.78 is 33.7. The predicted octanol–water partition coefficient (Wildman–Crippen LogP) is 3.60. The summed E-state index contributed by atoms with van der Waals surface area (Å²) in [6.45, 7) is 3.26. The van der Waals surface area contributed by atoms with E-state index in [1.165, 1.54) is 30.4 Å². The number of anilines is 1. The first kappa shape index (κ1) is 26.6. The average molecular weight is 529 g/mol. The van der Waals surface area contributed by atoms with Crippen LogP contribution >= 0.6 is 22.9 Å². The summed E-state index contributed by atoms with van der Waals surface area (Å²) in [4.78, 5) is 28.4. The lowest BCUT2D eigenvalue weighted by Crippen LogP contribution is -2.35. The monoisotopic (exact) mass is 528 g/mol. The smallest absolute Gasteiger partial charge is 0.323 e. The number of carbonyl (C=O) groups excluding carboxylic acids is 2. The van der Waals surface area contributed by atoms with Gasteiger partial charge in [-0.05, 0) is 63.1 Å². The molecular formula is C22H29ClN4O5S2. The van der Waals surface area contributed by atoms with E-state index < -0.39 is 22.0 Å². The highest BCUT2D eigenvalue weighted by atomic mass is 35.5. The number of hydrogen-bond acceptors (Lipinski definition) is 8. The molecule has 1 saturated carbocycles. The molecule has 2 aromatic rings. The standard InChI is InChI=1S/C22H29ClN4O5S2/c1-13-20(33-22(26-13)27-14(2)28)15-9-10-17(23)19(12-15)34(30,31)25-11-5-8-18(24)21(29)32-16-6-3-4-7-16/h9-10,12,16,18,25H,3-8,11,24H2,1-2H3,(H,26,27,28)/t18-/m0/s1. The molecular weight excluding hydrogens is 500 g/mol. The summed E-state index contributed by atoms with van der Waals surface area (Å²) in [7, 11) is -3.91. The molecule has 0 unspecified atom stereocenters. The van der Waals surface area contributed by atoms with Crippen LogP contribution in [0.2, 0.25) is 5.02 Å². The lowest BCUT2D eigenvalue weighted by Gasteiger charge is -2.16. The van der Waals surface area contributed by atoms with Crippen LogP contribution < -0.4 is 15.8 Å². The quantitative estimate of drug-likeness (QED) is 0.316. The highest BCUT2D eigenvalue weighted by Crippen LogP contribution is 2.35. The second kappa shape index (κ2) is 11.6. The molecule has 0 bridgehead atoms. The first-order chi connectivity index (χ1) is 16.1. The van der Waals surface area contributed by atoms with Crippen molar-refractivity contribution in [3.8, 4) is 10.4 Å². The van der Waals surface area contributed by atoms with Gasteiger partial charge in [0, 0.05) is 13.5 Å². The first-order valence-electron chi connectivity index (χ1n) is 11.1. The van der Waals surface area contributed by atoms with Crippen molar-refractivity contribution >= 4 is 50.0 Å². The molecule has 0 spiro atoms. The fourth-order valence-electron chi connectivity index (χ4n) is 3.70. The van der Waals surface area contributed by atoms with E-state index in [1.807, 2.05) is 0 Å². The third-order valence-corrected chi connectivity index (χ3v) is 8.50. The number of nitrogens with zero attached hydrogens (tertiary/aromatic N) is 1. The summed E-state index contributed by atoms with van der Waals surface area (Å²) in [5, 5.41) is 3.14. The Hall–Kier alpha value is -2.05. The number of halogens is 1. The van der Waals surface area contributed by atoms with Gasteiger partial charge in [0.1, 0.15) is 17.0 Å². The number of thiazole rings is 1. The van der Waals surface area contributed by atoms with Crippen LogP contribution in [0.3, 0.4) is 0 Å². The highest BCUT2D eigenvalue weighted by molar-refractivity contribution is 7.89. The van der Waals surface area contributed by atoms with Gasteiger partial charge in [-0.15, -0.1) is 0 Å². The molecule has 1 heterocycles. The largest absolute Gasteiger partial charge is 0.461 e. The number of amides is 1. The Morgan fingerprint density at radius 3 is 2.71 bits per heavy atom. The zero-order valence-corrected chi connectivity index (χ0v) is 21.5. The van der Waals surface area contributed by atoms with Gasteiger partial charge in [0.15, 0.2) is 5.13 Å². The molecule has 1 aromatic carbocycles. The van der Waals surface area contributed by atoms with E-state index in [-0.39, 0.29) is 28.5 Å². The van der Waals surface area contributed by atoms with E-state index in [2.05, 4.69) is 15.0 Å². The van der Waals surface area contributed by atoms with Gasteiger partial charge in [0.25, 0.3) is 0 Å². The molecule has 1 amide bonds. The zero-order valence-electron chi connectivity index (χ0n) is 19.1. The molecule has 186 valence electrons.